The zero-order valence-corrected chi connectivity index (χ0v) is 36.1. The Morgan fingerprint density at radius 1 is 0.719 bits per heavy atom. The second kappa shape index (κ2) is 21.9. The van der Waals surface area contributed by atoms with E-state index in [4.69, 9.17) is 14.2 Å². The minimum atomic E-state index is -1.39. The Morgan fingerprint density at radius 2 is 1.33 bits per heavy atom. The van der Waals surface area contributed by atoms with Crippen LogP contribution in [0.1, 0.15) is 63.4 Å². The number of nitro benzene ring substituents is 2. The van der Waals surface area contributed by atoms with E-state index in [1.807, 2.05) is 62.4 Å². The first-order valence-corrected chi connectivity index (χ1v) is 20.5. The monoisotopic (exact) mass is 877 g/mol. The molecule has 0 saturated heterocycles. The number of alkyl carbamates (subject to hydrolysis) is 1. The van der Waals surface area contributed by atoms with Crippen LogP contribution in [0.2, 0.25) is 0 Å². The molecule has 0 fully saturated rings. The van der Waals surface area contributed by atoms with Crippen LogP contribution in [0.3, 0.4) is 0 Å². The Hall–Kier alpha value is -7.63. The van der Waals surface area contributed by atoms with Gasteiger partial charge >= 0.3 is 12.1 Å². The molecular formula is C46H51N7O11. The fourth-order valence-corrected chi connectivity index (χ4v) is 6.43. The summed E-state index contributed by atoms with van der Waals surface area (Å²) in [5.41, 5.74) is 0.594. The summed E-state index contributed by atoms with van der Waals surface area (Å²) >= 11 is 0. The van der Waals surface area contributed by atoms with Crippen molar-refractivity contribution in [1.82, 2.24) is 25.5 Å². The van der Waals surface area contributed by atoms with E-state index in [0.717, 1.165) is 23.3 Å². The van der Waals surface area contributed by atoms with Gasteiger partial charge in [0, 0.05) is 25.1 Å². The molecule has 64 heavy (non-hydrogen) atoms. The molecule has 3 N–H and O–H groups in total. The van der Waals surface area contributed by atoms with E-state index in [2.05, 4.69) is 20.9 Å². The van der Waals surface area contributed by atoms with E-state index >= 15 is 0 Å². The second-order valence-corrected chi connectivity index (χ2v) is 16.3. The molecule has 3 atom stereocenters. The number of hydrogen-bond donors (Lipinski definition) is 3. The minimum absolute atomic E-state index is 0.0340. The van der Waals surface area contributed by atoms with Gasteiger partial charge in [-0.15, -0.1) is 0 Å². The average molecular weight is 878 g/mol. The molecule has 0 spiro atoms. The normalized spacial score (nSPS) is 12.6. The molecule has 1 aromatic heterocycles. The smallest absolute Gasteiger partial charge is 0.408 e. The summed E-state index contributed by atoms with van der Waals surface area (Å²) in [4.78, 5) is 81.0. The van der Waals surface area contributed by atoms with Crippen molar-refractivity contribution in [1.29, 1.82) is 0 Å². The van der Waals surface area contributed by atoms with Crippen LogP contribution in [-0.2, 0) is 49.9 Å². The third-order valence-corrected chi connectivity index (χ3v) is 9.48. The predicted molar refractivity (Wildman–Crippen MR) is 234 cm³/mol. The van der Waals surface area contributed by atoms with Crippen LogP contribution in [0.25, 0.3) is 5.69 Å². The third kappa shape index (κ3) is 14.5. The van der Waals surface area contributed by atoms with Crippen LogP contribution in [0, 0.1) is 26.1 Å². The van der Waals surface area contributed by atoms with Crippen LogP contribution in [0.15, 0.2) is 116 Å². The number of aromatic nitrogens is 2. The number of imidazole rings is 1. The number of nitrogens with zero attached hydrogens (tertiary/aromatic N) is 4. The summed E-state index contributed by atoms with van der Waals surface area (Å²) in [6.07, 6.45) is 1.56. The van der Waals surface area contributed by atoms with Gasteiger partial charge in [0.05, 0.1) is 27.9 Å². The van der Waals surface area contributed by atoms with E-state index in [1.54, 1.807) is 57.2 Å². The SMILES string of the molecule is CC(C)C[C@H](NC(=O)[C@H](Cc1cn(-c2ccc([N+](=O)[O-])cc2[N+](=O)[O-])cn1)NC(=O)OC(C)(C)C)C(=O)N[C@@H](Cc1ccc(OCc2ccccc2)cc1)C(=O)OCc1ccccc1. The standard InChI is InChI=1S/C46H51N7O11/c1-30(2)22-37(42(54)49-39(44(56)63-28-33-14-10-7-11-15-33)23-31-16-19-36(20-17-31)62-27-32-12-8-6-9-13-32)48-43(55)38(50-45(57)64-46(3,4)5)24-34-26-51(29-47-34)40-21-18-35(52(58)59)25-41(40)53(60)61/h6-21,25-26,29-30,37-39H,22-24,27-28H2,1-5H3,(H,48,55)(H,49,54)(H,50,57)/t37-,38-,39-/m0/s1. The highest BCUT2D eigenvalue weighted by molar-refractivity contribution is 5.93. The van der Waals surface area contributed by atoms with Crippen molar-refractivity contribution in [2.45, 2.75) is 90.8 Å². The Morgan fingerprint density at radius 3 is 1.92 bits per heavy atom. The summed E-state index contributed by atoms with van der Waals surface area (Å²) in [6, 6.07) is 25.2. The number of nitrogens with one attached hydrogen (secondary N) is 3. The number of ether oxygens (including phenoxy) is 3. The number of carbonyl (C=O) groups excluding carboxylic acids is 4. The summed E-state index contributed by atoms with van der Waals surface area (Å²) in [7, 11) is 0. The lowest BCUT2D eigenvalue weighted by atomic mass is 10.0. The number of esters is 1. The first kappa shape index (κ1) is 47.4. The van der Waals surface area contributed by atoms with Crippen LogP contribution in [0.4, 0.5) is 16.2 Å². The number of hydrogen-bond acceptors (Lipinski definition) is 12. The van der Waals surface area contributed by atoms with Crippen LogP contribution in [0.5, 0.6) is 5.75 Å². The largest absolute Gasteiger partial charge is 0.489 e. The molecule has 18 heteroatoms. The van der Waals surface area contributed by atoms with Gasteiger partial charge in [0.2, 0.25) is 11.8 Å². The Bertz CT molecular complexity index is 2400. The van der Waals surface area contributed by atoms with E-state index in [1.165, 1.54) is 23.2 Å². The summed E-state index contributed by atoms with van der Waals surface area (Å²) < 4.78 is 18.3. The summed E-state index contributed by atoms with van der Waals surface area (Å²) in [5, 5.41) is 31.2. The highest BCUT2D eigenvalue weighted by Crippen LogP contribution is 2.28. The maximum absolute atomic E-state index is 14.2. The molecule has 0 aliphatic rings. The van der Waals surface area contributed by atoms with E-state index in [0.29, 0.717) is 17.9 Å². The molecule has 18 nitrogen and oxygen atoms in total. The van der Waals surface area contributed by atoms with E-state index in [-0.39, 0.29) is 43.2 Å². The van der Waals surface area contributed by atoms with Gasteiger partial charge in [-0.2, -0.15) is 0 Å². The van der Waals surface area contributed by atoms with Crippen molar-refractivity contribution in [2.24, 2.45) is 5.92 Å². The molecule has 0 unspecified atom stereocenters. The van der Waals surface area contributed by atoms with Gasteiger partial charge < -0.3 is 30.2 Å². The fourth-order valence-electron chi connectivity index (χ4n) is 6.43. The van der Waals surface area contributed by atoms with Crippen LogP contribution in [-0.4, -0.2) is 67.0 Å². The molecule has 5 aromatic rings. The molecule has 0 radical (unpaired) electrons. The molecule has 0 aliphatic heterocycles. The molecule has 0 bridgehead atoms. The van der Waals surface area contributed by atoms with Crippen molar-refractivity contribution in [3.05, 3.63) is 158 Å². The van der Waals surface area contributed by atoms with Crippen molar-refractivity contribution >= 4 is 35.3 Å². The number of non-ortho nitro benzene ring substituents is 1. The van der Waals surface area contributed by atoms with E-state index in [9.17, 15) is 39.4 Å². The highest BCUT2D eigenvalue weighted by atomic mass is 16.6. The van der Waals surface area contributed by atoms with Crippen LogP contribution < -0.4 is 20.7 Å². The van der Waals surface area contributed by atoms with Gasteiger partial charge in [-0.3, -0.25) is 34.4 Å². The van der Waals surface area contributed by atoms with Gasteiger partial charge in [-0.25, -0.2) is 14.6 Å². The summed E-state index contributed by atoms with van der Waals surface area (Å²) in [6.45, 7) is 8.92. The highest BCUT2D eigenvalue weighted by Gasteiger charge is 2.33. The van der Waals surface area contributed by atoms with Gasteiger partial charge in [-0.1, -0.05) is 86.6 Å². The first-order valence-electron chi connectivity index (χ1n) is 20.5. The van der Waals surface area contributed by atoms with Crippen LogP contribution >= 0.6 is 0 Å². The van der Waals surface area contributed by atoms with Crippen molar-refractivity contribution in [2.75, 3.05) is 0 Å². The molecule has 1 heterocycles. The molecule has 336 valence electrons. The summed E-state index contributed by atoms with van der Waals surface area (Å²) in [5.74, 6) is -1.71. The van der Waals surface area contributed by atoms with Gasteiger partial charge in [0.15, 0.2) is 0 Å². The van der Waals surface area contributed by atoms with E-state index < -0.39 is 68.8 Å². The molecular weight excluding hydrogens is 827 g/mol. The van der Waals surface area contributed by atoms with Crippen molar-refractivity contribution < 1.29 is 43.2 Å². The van der Waals surface area contributed by atoms with Gasteiger partial charge in [0.25, 0.3) is 11.4 Å². The second-order valence-electron chi connectivity index (χ2n) is 16.3. The minimum Gasteiger partial charge on any atom is -0.489 e. The Kier molecular flexibility index (Phi) is 16.3. The lowest BCUT2D eigenvalue weighted by Gasteiger charge is -2.27. The Labute approximate surface area is 369 Å². The average Bonchev–Trinajstić information content (AvgIpc) is 3.72. The van der Waals surface area contributed by atoms with Crippen molar-refractivity contribution in [3.63, 3.8) is 0 Å². The predicted octanol–water partition coefficient (Wildman–Crippen LogP) is 6.71. The number of carbonyl (C=O) groups is 4. The van der Waals surface area contributed by atoms with Gasteiger partial charge in [0.1, 0.15) is 48.4 Å². The van der Waals surface area contributed by atoms with Gasteiger partial charge in [-0.05, 0) is 68.0 Å². The molecule has 0 aliphatic carbocycles. The quantitative estimate of drug-likeness (QED) is 0.0421. The number of nitro groups is 2. The third-order valence-electron chi connectivity index (χ3n) is 9.48. The lowest BCUT2D eigenvalue weighted by molar-refractivity contribution is -0.394. The number of benzene rings is 4. The van der Waals surface area contributed by atoms with Crippen molar-refractivity contribution in [3.8, 4) is 11.4 Å². The first-order chi connectivity index (χ1) is 30.4. The lowest BCUT2D eigenvalue weighted by Crippen LogP contribution is -2.57. The molecule has 0 saturated carbocycles. The topological polar surface area (TPSA) is 236 Å². The number of amides is 3. The maximum atomic E-state index is 14.2. The molecule has 5 rings (SSSR count). The fraction of sp³-hybridized carbons (Fsp3) is 0.326. The molecule has 3 amide bonds. The molecule has 4 aromatic carbocycles. The zero-order valence-electron chi connectivity index (χ0n) is 36.1. The maximum Gasteiger partial charge on any atom is 0.408 e. The number of rotatable bonds is 20. The zero-order chi connectivity index (χ0) is 46.4. The Balaban J connectivity index is 1.36.